The Morgan fingerprint density at radius 3 is 3.11 bits per heavy atom. The average molecular weight is 282 g/mol. The molecule has 0 spiro atoms. The molecule has 1 unspecified atom stereocenters. The van der Waals surface area contributed by atoms with Crippen LogP contribution in [0.3, 0.4) is 0 Å². The van der Waals surface area contributed by atoms with Crippen LogP contribution in [0.4, 0.5) is 5.13 Å². The predicted octanol–water partition coefficient (Wildman–Crippen LogP) is 2.49. The lowest BCUT2D eigenvalue weighted by Crippen LogP contribution is -2.44. The van der Waals surface area contributed by atoms with Gasteiger partial charge in [-0.05, 0) is 39.9 Å². The van der Waals surface area contributed by atoms with E-state index in [0.717, 1.165) is 24.6 Å². The summed E-state index contributed by atoms with van der Waals surface area (Å²) in [5.41, 5.74) is 0. The van der Waals surface area contributed by atoms with E-state index < -0.39 is 0 Å². The molecule has 4 nitrogen and oxygen atoms in total. The molecule has 2 heterocycles. The normalized spacial score (nSPS) is 20.9. The number of thiazole rings is 1. The van der Waals surface area contributed by atoms with Crippen LogP contribution in [0.2, 0.25) is 0 Å². The molecule has 19 heavy (non-hydrogen) atoms. The van der Waals surface area contributed by atoms with Gasteiger partial charge in [-0.15, -0.1) is 11.3 Å². The highest BCUT2D eigenvalue weighted by molar-refractivity contribution is 7.15. The van der Waals surface area contributed by atoms with E-state index in [-0.39, 0.29) is 0 Å². The third-order valence-corrected chi connectivity index (χ3v) is 4.61. The molecule has 1 atom stereocenters. The molecular formula is C14H26N4S. The topological polar surface area (TPSA) is 31.4 Å². The molecule has 0 radical (unpaired) electrons. The molecule has 0 aliphatic carbocycles. The Hall–Kier alpha value is -0.650. The number of hydrogen-bond donors (Lipinski definition) is 1. The summed E-state index contributed by atoms with van der Waals surface area (Å²) in [6, 6.07) is 0.708. The summed E-state index contributed by atoms with van der Waals surface area (Å²) in [7, 11) is 4.38. The Morgan fingerprint density at radius 2 is 2.37 bits per heavy atom. The second-order valence-corrected chi connectivity index (χ2v) is 6.67. The van der Waals surface area contributed by atoms with Gasteiger partial charge < -0.3 is 10.2 Å². The van der Waals surface area contributed by atoms with Gasteiger partial charge in [0.2, 0.25) is 0 Å². The fourth-order valence-corrected chi connectivity index (χ4v) is 3.39. The van der Waals surface area contributed by atoms with Gasteiger partial charge in [0.05, 0.1) is 0 Å². The Kier molecular flexibility index (Phi) is 5.60. The number of hydrogen-bond acceptors (Lipinski definition) is 5. The van der Waals surface area contributed by atoms with Gasteiger partial charge in [-0.1, -0.05) is 6.92 Å². The van der Waals surface area contributed by atoms with Gasteiger partial charge in [0, 0.05) is 36.8 Å². The molecule has 5 heteroatoms. The highest BCUT2D eigenvalue weighted by Crippen LogP contribution is 2.22. The van der Waals surface area contributed by atoms with Crippen molar-refractivity contribution in [3.8, 4) is 0 Å². The van der Waals surface area contributed by atoms with Crippen molar-refractivity contribution in [2.75, 3.05) is 39.0 Å². The van der Waals surface area contributed by atoms with E-state index in [4.69, 9.17) is 0 Å². The van der Waals surface area contributed by atoms with Crippen molar-refractivity contribution in [2.45, 2.75) is 38.8 Å². The summed E-state index contributed by atoms with van der Waals surface area (Å²) in [4.78, 5) is 10.7. The molecular weight excluding hydrogens is 256 g/mol. The molecule has 1 fully saturated rings. The van der Waals surface area contributed by atoms with Crippen LogP contribution in [-0.4, -0.2) is 54.6 Å². The quantitative estimate of drug-likeness (QED) is 0.868. The molecule has 1 aliphatic heterocycles. The van der Waals surface area contributed by atoms with Gasteiger partial charge in [0.1, 0.15) is 0 Å². The fourth-order valence-electron chi connectivity index (χ4n) is 2.51. The molecule has 1 N–H and O–H groups in total. The number of likely N-dealkylation sites (N-methyl/N-ethyl adjacent to an activating group) is 1. The minimum Gasteiger partial charge on any atom is -0.362 e. The smallest absolute Gasteiger partial charge is 0.182 e. The molecule has 0 amide bonds. The van der Waals surface area contributed by atoms with Crippen LogP contribution in [0.1, 0.15) is 31.1 Å². The van der Waals surface area contributed by atoms with Gasteiger partial charge in [-0.2, -0.15) is 0 Å². The summed E-state index contributed by atoms with van der Waals surface area (Å²) in [6.45, 7) is 6.65. The van der Waals surface area contributed by atoms with Crippen LogP contribution in [-0.2, 0) is 6.54 Å². The van der Waals surface area contributed by atoms with Crippen molar-refractivity contribution in [3.05, 3.63) is 11.1 Å². The largest absolute Gasteiger partial charge is 0.362 e. The van der Waals surface area contributed by atoms with Gasteiger partial charge in [0.15, 0.2) is 5.13 Å². The Labute approximate surface area is 120 Å². The first-order chi connectivity index (χ1) is 9.19. The van der Waals surface area contributed by atoms with E-state index in [9.17, 15) is 0 Å². The van der Waals surface area contributed by atoms with Crippen LogP contribution >= 0.6 is 11.3 Å². The third-order valence-electron chi connectivity index (χ3n) is 3.67. The van der Waals surface area contributed by atoms with Crippen LogP contribution in [0, 0.1) is 0 Å². The van der Waals surface area contributed by atoms with Crippen molar-refractivity contribution in [1.29, 1.82) is 0 Å². The van der Waals surface area contributed by atoms with E-state index in [1.807, 2.05) is 6.20 Å². The first-order valence-corrected chi connectivity index (χ1v) is 8.08. The molecule has 0 bridgehead atoms. The van der Waals surface area contributed by atoms with Crippen molar-refractivity contribution in [2.24, 2.45) is 0 Å². The number of aromatic nitrogens is 1. The summed E-state index contributed by atoms with van der Waals surface area (Å²) < 4.78 is 0. The number of anilines is 1. The lowest BCUT2D eigenvalue weighted by Gasteiger charge is -2.35. The van der Waals surface area contributed by atoms with E-state index >= 15 is 0 Å². The highest BCUT2D eigenvalue weighted by Gasteiger charge is 2.21. The van der Waals surface area contributed by atoms with E-state index in [2.05, 4.69) is 41.1 Å². The monoisotopic (exact) mass is 282 g/mol. The van der Waals surface area contributed by atoms with E-state index in [1.165, 1.54) is 30.8 Å². The zero-order valence-electron chi connectivity index (χ0n) is 12.4. The number of rotatable bonds is 6. The van der Waals surface area contributed by atoms with Crippen LogP contribution in [0.5, 0.6) is 0 Å². The fraction of sp³-hybridized carbons (Fsp3) is 0.786. The van der Waals surface area contributed by atoms with Crippen molar-refractivity contribution in [1.82, 2.24) is 14.8 Å². The van der Waals surface area contributed by atoms with Crippen molar-refractivity contribution in [3.63, 3.8) is 0 Å². The second kappa shape index (κ2) is 7.22. The first-order valence-electron chi connectivity index (χ1n) is 7.26. The molecule has 108 valence electrons. The third kappa shape index (κ3) is 4.44. The van der Waals surface area contributed by atoms with E-state index in [0.29, 0.717) is 6.04 Å². The number of likely N-dealkylation sites (tertiary alicyclic amines) is 1. The molecule has 1 aromatic rings. The summed E-state index contributed by atoms with van der Waals surface area (Å²) >= 11 is 1.80. The zero-order valence-corrected chi connectivity index (χ0v) is 13.2. The first kappa shape index (κ1) is 14.8. The maximum atomic E-state index is 4.44. The molecule has 1 aliphatic rings. The zero-order chi connectivity index (χ0) is 13.7. The predicted molar refractivity (Wildman–Crippen MR) is 82.9 cm³/mol. The van der Waals surface area contributed by atoms with Crippen LogP contribution in [0.25, 0.3) is 0 Å². The molecule has 0 saturated carbocycles. The van der Waals surface area contributed by atoms with Gasteiger partial charge in [-0.25, -0.2) is 4.98 Å². The minimum absolute atomic E-state index is 0.708. The van der Waals surface area contributed by atoms with Crippen LogP contribution in [0.15, 0.2) is 6.20 Å². The van der Waals surface area contributed by atoms with Gasteiger partial charge >= 0.3 is 0 Å². The highest BCUT2D eigenvalue weighted by atomic mass is 32.1. The standard InChI is InChI=1S/C14H26N4S/c1-4-7-15-14-16-9-13(19-14)11-18-8-5-6-12(10-18)17(2)3/h9,12H,4-8,10-11H2,1-3H3,(H,15,16). The molecule has 0 aromatic carbocycles. The summed E-state index contributed by atoms with van der Waals surface area (Å²) in [6.07, 6.45) is 5.81. The SMILES string of the molecule is CCCNc1ncc(CN2CCCC(N(C)C)C2)s1. The molecule has 2 rings (SSSR count). The lowest BCUT2D eigenvalue weighted by molar-refractivity contribution is 0.128. The second-order valence-electron chi connectivity index (χ2n) is 5.55. The lowest BCUT2D eigenvalue weighted by atomic mass is 10.1. The van der Waals surface area contributed by atoms with Crippen LogP contribution < -0.4 is 5.32 Å². The van der Waals surface area contributed by atoms with Gasteiger partial charge in [0.25, 0.3) is 0 Å². The maximum Gasteiger partial charge on any atom is 0.182 e. The Morgan fingerprint density at radius 1 is 1.53 bits per heavy atom. The average Bonchev–Trinajstić information content (AvgIpc) is 2.84. The van der Waals surface area contributed by atoms with Gasteiger partial charge in [-0.3, -0.25) is 4.90 Å². The Bertz CT molecular complexity index is 377. The molecule has 1 saturated heterocycles. The summed E-state index contributed by atoms with van der Waals surface area (Å²) in [5.74, 6) is 0. The maximum absolute atomic E-state index is 4.44. The number of piperidine rings is 1. The van der Waals surface area contributed by atoms with Crippen molar-refractivity contribution < 1.29 is 0 Å². The van der Waals surface area contributed by atoms with Crippen molar-refractivity contribution >= 4 is 16.5 Å². The number of nitrogens with zero attached hydrogens (tertiary/aromatic N) is 3. The Balaban J connectivity index is 1.84. The number of nitrogens with one attached hydrogen (secondary N) is 1. The summed E-state index contributed by atoms with van der Waals surface area (Å²) in [5, 5.41) is 4.43. The minimum atomic E-state index is 0.708. The molecule has 1 aromatic heterocycles. The van der Waals surface area contributed by atoms with E-state index in [1.54, 1.807) is 11.3 Å².